The Morgan fingerprint density at radius 1 is 1.11 bits per heavy atom. The molecule has 11 unspecified atom stereocenters. The molecule has 0 bridgehead atoms. The number of nitrogens with one attached hydrogen (secondary N) is 4. The Morgan fingerprint density at radius 3 is 2.69 bits per heavy atom. The number of thioether (sulfide) groups is 1. The van der Waals surface area contributed by atoms with Crippen LogP contribution in [0.15, 0.2) is 0 Å². The van der Waals surface area contributed by atoms with Crippen LogP contribution in [0, 0.1) is 23.7 Å². The topological polar surface area (TPSA) is 115 Å². The first-order valence-corrected chi connectivity index (χ1v) is 15.0. The predicted octanol–water partition coefficient (Wildman–Crippen LogP) is 0.657. The van der Waals surface area contributed by atoms with Gasteiger partial charge in [-0.2, -0.15) is 0 Å². The number of likely N-dealkylation sites (tertiary alicyclic amines) is 1. The average molecular weight is 544 g/mol. The van der Waals surface area contributed by atoms with Gasteiger partial charge in [0.15, 0.2) is 0 Å². The van der Waals surface area contributed by atoms with Crippen LogP contribution in [0.3, 0.4) is 0 Å². The highest BCUT2D eigenvalue weighted by molar-refractivity contribution is 8.00. The van der Waals surface area contributed by atoms with E-state index in [0.29, 0.717) is 38.6 Å². The highest BCUT2D eigenvalue weighted by Gasteiger charge is 2.47. The molecule has 36 heavy (non-hydrogen) atoms. The van der Waals surface area contributed by atoms with E-state index in [1.54, 1.807) is 18.9 Å². The second kappa shape index (κ2) is 11.6. The third kappa shape index (κ3) is 5.84. The van der Waals surface area contributed by atoms with Gasteiger partial charge in [-0.25, -0.2) is 0 Å². The van der Waals surface area contributed by atoms with Gasteiger partial charge in [0.25, 0.3) is 0 Å². The number of ether oxygens (including phenoxy) is 1. The van der Waals surface area contributed by atoms with Gasteiger partial charge in [-0.05, 0) is 50.9 Å². The lowest BCUT2D eigenvalue weighted by molar-refractivity contribution is -0.137. The van der Waals surface area contributed by atoms with Gasteiger partial charge in [0, 0.05) is 56.5 Å². The Bertz CT molecular complexity index is 796. The van der Waals surface area contributed by atoms with Crippen LogP contribution in [0.4, 0.5) is 0 Å². The molecule has 4 saturated heterocycles. The van der Waals surface area contributed by atoms with Gasteiger partial charge in [0.2, 0.25) is 11.8 Å². The van der Waals surface area contributed by atoms with Crippen LogP contribution in [-0.2, 0) is 14.3 Å². The van der Waals surface area contributed by atoms with Gasteiger partial charge < -0.3 is 25.4 Å². The first-order valence-electron chi connectivity index (χ1n) is 13.6. The average Bonchev–Trinajstić information content (AvgIpc) is 3.42. The van der Waals surface area contributed by atoms with Crippen molar-refractivity contribution in [3.05, 3.63) is 0 Å². The van der Waals surface area contributed by atoms with Crippen LogP contribution >= 0.6 is 23.4 Å². The van der Waals surface area contributed by atoms with Crippen molar-refractivity contribution in [1.82, 2.24) is 26.2 Å². The molecule has 1 saturated carbocycles. The summed E-state index contributed by atoms with van der Waals surface area (Å²) in [6, 6.07) is 0.532. The molecule has 9 nitrogen and oxygen atoms in total. The number of halogens is 1. The Labute approximate surface area is 223 Å². The molecule has 0 aromatic rings. The molecule has 5 aliphatic rings. The van der Waals surface area contributed by atoms with E-state index >= 15 is 0 Å². The molecular formula is C25H42ClN5O4S. The number of piperidine rings is 2. The molecule has 204 valence electrons. The molecule has 0 radical (unpaired) electrons. The minimum absolute atomic E-state index is 0.0512. The van der Waals surface area contributed by atoms with Crippen molar-refractivity contribution in [3.8, 4) is 0 Å². The van der Waals surface area contributed by atoms with E-state index in [4.69, 9.17) is 16.3 Å². The summed E-state index contributed by atoms with van der Waals surface area (Å²) in [7, 11) is 1.75. The Kier molecular flexibility index (Phi) is 8.72. The summed E-state index contributed by atoms with van der Waals surface area (Å²) in [4.78, 5) is 28.5. The van der Waals surface area contributed by atoms with Gasteiger partial charge in [-0.1, -0.05) is 6.42 Å². The summed E-state index contributed by atoms with van der Waals surface area (Å²) in [5, 5.41) is 23.9. The number of aliphatic hydroxyl groups is 1. The molecule has 11 heteroatoms. The number of aliphatic hydroxyl groups excluding tert-OH is 1. The van der Waals surface area contributed by atoms with Crippen LogP contribution in [0.2, 0.25) is 0 Å². The highest BCUT2D eigenvalue weighted by atomic mass is 35.5. The predicted molar refractivity (Wildman–Crippen MR) is 140 cm³/mol. The van der Waals surface area contributed by atoms with Crippen molar-refractivity contribution < 1.29 is 19.4 Å². The normalized spacial score (nSPS) is 45.3. The molecule has 4 heterocycles. The molecule has 0 aromatic carbocycles. The van der Waals surface area contributed by atoms with Crippen LogP contribution in [0.25, 0.3) is 0 Å². The maximum Gasteiger partial charge on any atom is 0.226 e. The molecule has 5 N–H and O–H groups in total. The molecule has 0 aromatic heterocycles. The second-order valence-electron chi connectivity index (χ2n) is 11.5. The second-order valence-corrected chi connectivity index (χ2v) is 13.3. The number of alkyl halides is 1. The third-order valence-corrected chi connectivity index (χ3v) is 10.7. The number of nitrogens with zero attached hydrogens (tertiary/aromatic N) is 1. The van der Waals surface area contributed by atoms with Crippen LogP contribution in [-0.4, -0.2) is 95.7 Å². The lowest BCUT2D eigenvalue weighted by Crippen LogP contribution is -2.57. The molecule has 0 spiro atoms. The Balaban J connectivity index is 1.16. The Morgan fingerprint density at radius 2 is 1.94 bits per heavy atom. The smallest absolute Gasteiger partial charge is 0.226 e. The summed E-state index contributed by atoms with van der Waals surface area (Å²) in [6.07, 6.45) is 4.62. The van der Waals surface area contributed by atoms with E-state index in [9.17, 15) is 14.7 Å². The molecule has 5 rings (SSSR count). The maximum absolute atomic E-state index is 13.5. The number of hydrogen-bond acceptors (Lipinski definition) is 8. The third-order valence-electron chi connectivity index (χ3n) is 9.04. The number of carbonyl (C=O) groups excluding carboxylic acids is 2. The van der Waals surface area contributed by atoms with Gasteiger partial charge in [0.05, 0.1) is 23.6 Å². The molecule has 1 aliphatic carbocycles. The van der Waals surface area contributed by atoms with Crippen LogP contribution in [0.1, 0.15) is 45.4 Å². The lowest BCUT2D eigenvalue weighted by atomic mass is 9.70. The van der Waals surface area contributed by atoms with Gasteiger partial charge in [0.1, 0.15) is 5.50 Å². The van der Waals surface area contributed by atoms with Crippen molar-refractivity contribution in [2.24, 2.45) is 23.7 Å². The van der Waals surface area contributed by atoms with Crippen LogP contribution in [0.5, 0.6) is 0 Å². The number of carbonyl (C=O) groups is 2. The summed E-state index contributed by atoms with van der Waals surface area (Å²) in [5.74, 6) is 0.519. The van der Waals surface area contributed by atoms with Crippen molar-refractivity contribution in [2.75, 3.05) is 33.3 Å². The number of fused-ring (bicyclic) bond motifs is 1. The van der Waals surface area contributed by atoms with Crippen LogP contribution < -0.4 is 21.3 Å². The van der Waals surface area contributed by atoms with E-state index in [0.717, 1.165) is 32.1 Å². The number of rotatable bonds is 5. The van der Waals surface area contributed by atoms with Gasteiger partial charge in [-0.3, -0.25) is 20.2 Å². The molecule has 2 amide bonds. The zero-order valence-electron chi connectivity index (χ0n) is 21.3. The minimum atomic E-state index is -0.345. The van der Waals surface area contributed by atoms with E-state index in [-0.39, 0.29) is 70.0 Å². The van der Waals surface area contributed by atoms with Gasteiger partial charge in [-0.15, -0.1) is 23.4 Å². The highest BCUT2D eigenvalue weighted by Crippen LogP contribution is 2.39. The van der Waals surface area contributed by atoms with Crippen molar-refractivity contribution >= 4 is 35.2 Å². The first kappa shape index (κ1) is 27.0. The van der Waals surface area contributed by atoms with Gasteiger partial charge >= 0.3 is 0 Å². The molecule has 4 aliphatic heterocycles. The van der Waals surface area contributed by atoms with E-state index in [1.165, 1.54) is 0 Å². The minimum Gasteiger partial charge on any atom is -0.393 e. The molecule has 11 atom stereocenters. The van der Waals surface area contributed by atoms with Crippen molar-refractivity contribution in [3.63, 3.8) is 0 Å². The van der Waals surface area contributed by atoms with E-state index in [1.807, 2.05) is 4.90 Å². The SMILES string of the molecule is COC1CNC(Cl)CC1C1CC(C)NCC1C(=O)NC1NC2CN(C(=O)C3CCCC(O)C3)CC2S1. The lowest BCUT2D eigenvalue weighted by Gasteiger charge is -2.45. The van der Waals surface area contributed by atoms with Crippen molar-refractivity contribution in [2.45, 2.75) is 86.0 Å². The molecular weight excluding hydrogens is 502 g/mol. The maximum atomic E-state index is 13.5. The van der Waals surface area contributed by atoms with E-state index < -0.39 is 0 Å². The quantitative estimate of drug-likeness (QED) is 0.254. The van der Waals surface area contributed by atoms with E-state index in [2.05, 4.69) is 28.2 Å². The summed E-state index contributed by atoms with van der Waals surface area (Å²) in [5.41, 5.74) is -0.238. The monoisotopic (exact) mass is 543 g/mol. The molecule has 5 fully saturated rings. The fourth-order valence-corrected chi connectivity index (χ4v) is 8.79. The summed E-state index contributed by atoms with van der Waals surface area (Å²) < 4.78 is 5.80. The summed E-state index contributed by atoms with van der Waals surface area (Å²) in [6.45, 7) is 4.92. The largest absolute Gasteiger partial charge is 0.393 e. The number of hydrogen-bond donors (Lipinski definition) is 5. The Hall–Kier alpha value is -0.620. The zero-order valence-corrected chi connectivity index (χ0v) is 22.9. The van der Waals surface area contributed by atoms with Crippen molar-refractivity contribution in [1.29, 1.82) is 0 Å². The number of methoxy groups -OCH3 is 1. The first-order chi connectivity index (χ1) is 17.3. The summed E-state index contributed by atoms with van der Waals surface area (Å²) >= 11 is 8.18. The fraction of sp³-hybridized carbons (Fsp3) is 0.920. The zero-order chi connectivity index (χ0) is 25.4. The standard InChI is InChI=1S/C25H42ClN5O4S/c1-13-6-16(17-8-22(26)28-10-20(17)35-2)18(9-27-13)23(33)30-25-29-19-11-31(12-21(19)36-25)24(34)14-4-3-5-15(32)7-14/h13-22,25,27-29,32H,3-12H2,1-2H3,(H,30,33). The fourth-order valence-electron chi connectivity index (χ4n) is 7.09. The number of amides is 2.